The van der Waals surface area contributed by atoms with E-state index in [1.165, 1.54) is 0 Å². The predicted octanol–water partition coefficient (Wildman–Crippen LogP) is 0.510. The second-order valence-corrected chi connectivity index (χ2v) is 4.79. The topological polar surface area (TPSA) is 66.4 Å². The fourth-order valence-corrected chi connectivity index (χ4v) is 1.12. The summed E-state index contributed by atoms with van der Waals surface area (Å²) >= 11 is 0. The molecule has 0 aliphatic heterocycles. The van der Waals surface area contributed by atoms with Crippen molar-refractivity contribution in [1.82, 2.24) is 5.32 Å². The van der Waals surface area contributed by atoms with Gasteiger partial charge in [-0.3, -0.25) is 4.55 Å². The van der Waals surface area contributed by atoms with E-state index < -0.39 is 10.1 Å². The van der Waals surface area contributed by atoms with Crippen molar-refractivity contribution in [2.45, 2.75) is 20.3 Å². The molecule has 0 unspecified atom stereocenters. The van der Waals surface area contributed by atoms with E-state index in [0.717, 1.165) is 13.0 Å². The van der Waals surface area contributed by atoms with Gasteiger partial charge in [-0.1, -0.05) is 13.8 Å². The molecule has 0 saturated carbocycles. The Morgan fingerprint density at radius 2 is 1.92 bits per heavy atom. The number of hydrogen-bond acceptors (Lipinski definition) is 3. The Labute approximate surface area is 74.1 Å². The third kappa shape index (κ3) is 9.87. The van der Waals surface area contributed by atoms with Gasteiger partial charge in [0.2, 0.25) is 0 Å². The van der Waals surface area contributed by atoms with E-state index in [0.29, 0.717) is 12.5 Å². The van der Waals surface area contributed by atoms with Crippen molar-refractivity contribution < 1.29 is 13.0 Å². The van der Waals surface area contributed by atoms with E-state index in [1.807, 2.05) is 0 Å². The van der Waals surface area contributed by atoms with Crippen LogP contribution < -0.4 is 5.32 Å². The summed E-state index contributed by atoms with van der Waals surface area (Å²) in [7, 11) is -3.79. The van der Waals surface area contributed by atoms with Gasteiger partial charge in [-0.25, -0.2) is 0 Å². The van der Waals surface area contributed by atoms with E-state index >= 15 is 0 Å². The van der Waals surface area contributed by atoms with Gasteiger partial charge in [0.05, 0.1) is 5.75 Å². The van der Waals surface area contributed by atoms with Crippen LogP contribution in [0, 0.1) is 5.92 Å². The summed E-state index contributed by atoms with van der Waals surface area (Å²) in [5, 5.41) is 2.93. The Kier molecular flexibility index (Phi) is 5.44. The Hall–Kier alpha value is -0.130. The lowest BCUT2D eigenvalue weighted by Gasteiger charge is -2.05. The second kappa shape index (κ2) is 5.50. The Morgan fingerprint density at radius 3 is 2.33 bits per heavy atom. The van der Waals surface area contributed by atoms with Crippen LogP contribution in [-0.2, 0) is 10.1 Å². The minimum Gasteiger partial charge on any atom is -0.316 e. The molecule has 0 rings (SSSR count). The minimum atomic E-state index is -3.79. The molecule has 0 amide bonds. The van der Waals surface area contributed by atoms with Crippen molar-refractivity contribution in [1.29, 1.82) is 0 Å². The van der Waals surface area contributed by atoms with E-state index in [1.54, 1.807) is 0 Å². The summed E-state index contributed by atoms with van der Waals surface area (Å²) in [5.74, 6) is 0.411. The lowest BCUT2D eigenvalue weighted by Crippen LogP contribution is -2.24. The van der Waals surface area contributed by atoms with Gasteiger partial charge < -0.3 is 5.32 Å². The monoisotopic (exact) mass is 195 g/mol. The van der Waals surface area contributed by atoms with Gasteiger partial charge in [0.15, 0.2) is 0 Å². The number of nitrogens with one attached hydrogen (secondary N) is 1. The molecule has 0 fully saturated rings. The fourth-order valence-electron chi connectivity index (χ4n) is 0.717. The van der Waals surface area contributed by atoms with Gasteiger partial charge >= 0.3 is 0 Å². The first kappa shape index (κ1) is 11.9. The average molecular weight is 195 g/mol. The molecule has 12 heavy (non-hydrogen) atoms. The summed E-state index contributed by atoms with van der Waals surface area (Å²) < 4.78 is 28.8. The highest BCUT2D eigenvalue weighted by Crippen LogP contribution is 1.95. The molecule has 0 radical (unpaired) electrons. The smallest absolute Gasteiger partial charge is 0.266 e. The minimum absolute atomic E-state index is 0.203. The third-order valence-corrected chi connectivity index (χ3v) is 2.16. The summed E-state index contributed by atoms with van der Waals surface area (Å²) in [5.41, 5.74) is 0. The molecule has 0 bridgehead atoms. The molecule has 0 aromatic carbocycles. The van der Waals surface area contributed by atoms with Gasteiger partial charge in [-0.05, 0) is 18.9 Å². The number of rotatable bonds is 6. The van der Waals surface area contributed by atoms with Crippen LogP contribution in [-0.4, -0.2) is 31.8 Å². The maximum Gasteiger partial charge on any atom is 0.266 e. The van der Waals surface area contributed by atoms with Crippen molar-refractivity contribution in [3.05, 3.63) is 0 Å². The van der Waals surface area contributed by atoms with Crippen LogP contribution in [0.4, 0.5) is 0 Å². The summed E-state index contributed by atoms with van der Waals surface area (Å²) in [6.45, 7) is 5.33. The Morgan fingerprint density at radius 1 is 1.33 bits per heavy atom. The summed E-state index contributed by atoms with van der Waals surface area (Å²) in [6, 6.07) is 0. The molecule has 4 nitrogen and oxygen atoms in total. The Balaban J connectivity index is 3.23. The van der Waals surface area contributed by atoms with Gasteiger partial charge in [0.1, 0.15) is 0 Å². The second-order valence-electron chi connectivity index (χ2n) is 3.22. The Bertz CT molecular complexity index is 199. The first-order chi connectivity index (χ1) is 5.42. The molecule has 0 aliphatic carbocycles. The van der Waals surface area contributed by atoms with Crippen LogP contribution >= 0.6 is 0 Å². The molecule has 2 N–H and O–H groups in total. The van der Waals surface area contributed by atoms with Crippen LogP contribution in [0.5, 0.6) is 0 Å². The SMILES string of the molecule is CC(C)CCNCCS(=O)(=O)O. The molecule has 0 atom stereocenters. The van der Waals surface area contributed by atoms with Crippen LogP contribution in [0.1, 0.15) is 20.3 Å². The lowest BCUT2D eigenvalue weighted by molar-refractivity contribution is 0.478. The highest BCUT2D eigenvalue weighted by molar-refractivity contribution is 7.85. The third-order valence-electron chi connectivity index (χ3n) is 1.44. The molecular formula is C7H17NO3S. The number of hydrogen-bond donors (Lipinski definition) is 2. The maximum atomic E-state index is 10.2. The maximum absolute atomic E-state index is 10.2. The molecule has 0 saturated heterocycles. The normalized spacial score (nSPS) is 12.3. The molecule has 0 aromatic heterocycles. The van der Waals surface area contributed by atoms with E-state index in [2.05, 4.69) is 19.2 Å². The fraction of sp³-hybridized carbons (Fsp3) is 1.00. The van der Waals surface area contributed by atoms with Crippen LogP contribution in [0.25, 0.3) is 0 Å². The van der Waals surface area contributed by atoms with Crippen molar-refractivity contribution in [2.24, 2.45) is 5.92 Å². The first-order valence-corrected chi connectivity index (χ1v) is 5.68. The molecule has 0 spiro atoms. The van der Waals surface area contributed by atoms with E-state index in [-0.39, 0.29) is 5.75 Å². The van der Waals surface area contributed by atoms with Crippen molar-refractivity contribution in [2.75, 3.05) is 18.8 Å². The average Bonchev–Trinajstić information content (AvgIpc) is 1.83. The van der Waals surface area contributed by atoms with Crippen molar-refractivity contribution in [3.8, 4) is 0 Å². The van der Waals surface area contributed by atoms with Crippen LogP contribution in [0.3, 0.4) is 0 Å². The van der Waals surface area contributed by atoms with E-state index in [4.69, 9.17) is 4.55 Å². The van der Waals surface area contributed by atoms with E-state index in [9.17, 15) is 8.42 Å². The molecule has 0 aromatic rings. The molecule has 0 aliphatic rings. The summed E-state index contributed by atoms with van der Waals surface area (Å²) in [6.07, 6.45) is 1.02. The van der Waals surface area contributed by atoms with Crippen molar-refractivity contribution >= 4 is 10.1 Å². The summed E-state index contributed by atoms with van der Waals surface area (Å²) in [4.78, 5) is 0. The predicted molar refractivity (Wildman–Crippen MR) is 48.7 cm³/mol. The largest absolute Gasteiger partial charge is 0.316 e. The molecule has 74 valence electrons. The van der Waals surface area contributed by atoms with Gasteiger partial charge in [-0.15, -0.1) is 0 Å². The zero-order valence-corrected chi connectivity index (χ0v) is 8.39. The van der Waals surface area contributed by atoms with Crippen molar-refractivity contribution in [3.63, 3.8) is 0 Å². The molecule has 0 heterocycles. The van der Waals surface area contributed by atoms with Gasteiger partial charge in [0, 0.05) is 6.54 Å². The van der Waals surface area contributed by atoms with Gasteiger partial charge in [-0.2, -0.15) is 8.42 Å². The quantitative estimate of drug-likeness (QED) is 0.479. The highest BCUT2D eigenvalue weighted by atomic mass is 32.2. The van der Waals surface area contributed by atoms with Gasteiger partial charge in [0.25, 0.3) is 10.1 Å². The van der Waals surface area contributed by atoms with Crippen LogP contribution in [0.15, 0.2) is 0 Å². The molecular weight excluding hydrogens is 178 g/mol. The zero-order valence-electron chi connectivity index (χ0n) is 7.58. The standard InChI is InChI=1S/C7H17NO3S/c1-7(2)3-4-8-5-6-12(9,10)11/h7-8H,3-6H2,1-2H3,(H,9,10,11). The zero-order chi connectivity index (χ0) is 9.61. The lowest BCUT2D eigenvalue weighted by atomic mass is 10.1. The highest BCUT2D eigenvalue weighted by Gasteiger charge is 2.02. The molecule has 5 heteroatoms. The first-order valence-electron chi connectivity index (χ1n) is 4.07. The van der Waals surface area contributed by atoms with Crippen LogP contribution in [0.2, 0.25) is 0 Å².